The van der Waals surface area contributed by atoms with Gasteiger partial charge < -0.3 is 11.1 Å². The minimum atomic E-state index is 0.643. The van der Waals surface area contributed by atoms with E-state index in [2.05, 4.69) is 40.9 Å². The third-order valence-corrected chi connectivity index (χ3v) is 4.15. The Kier molecular flexibility index (Phi) is 2.96. The SMILES string of the molecule is Cc1ccc(CNc2snc(N)c2C2CC2)cc1. The molecule has 18 heavy (non-hydrogen) atoms. The largest absolute Gasteiger partial charge is 0.383 e. The second-order valence-electron chi connectivity index (χ2n) is 4.92. The Morgan fingerprint density at radius 2 is 2.06 bits per heavy atom. The summed E-state index contributed by atoms with van der Waals surface area (Å²) in [6, 6.07) is 8.59. The lowest BCUT2D eigenvalue weighted by atomic mass is 10.1. The van der Waals surface area contributed by atoms with Crippen LogP contribution in [-0.2, 0) is 6.54 Å². The van der Waals surface area contributed by atoms with Crippen molar-refractivity contribution in [3.8, 4) is 0 Å². The Bertz CT molecular complexity index is 541. The molecular weight excluding hydrogens is 242 g/mol. The van der Waals surface area contributed by atoms with Crippen LogP contribution in [0, 0.1) is 6.92 Å². The molecule has 0 radical (unpaired) electrons. The number of aromatic nitrogens is 1. The summed E-state index contributed by atoms with van der Waals surface area (Å²) < 4.78 is 4.26. The second-order valence-corrected chi connectivity index (χ2v) is 5.70. The molecule has 3 N–H and O–H groups in total. The minimum absolute atomic E-state index is 0.643. The van der Waals surface area contributed by atoms with Gasteiger partial charge in [-0.05, 0) is 42.8 Å². The predicted molar refractivity (Wildman–Crippen MR) is 77.0 cm³/mol. The molecule has 1 fully saturated rings. The molecule has 0 atom stereocenters. The molecule has 0 spiro atoms. The van der Waals surface area contributed by atoms with E-state index in [0.717, 1.165) is 11.5 Å². The van der Waals surface area contributed by atoms with Crippen LogP contribution in [0.2, 0.25) is 0 Å². The van der Waals surface area contributed by atoms with Crippen LogP contribution in [0.5, 0.6) is 0 Å². The molecular formula is C14H17N3S. The molecule has 1 aliphatic carbocycles. The summed E-state index contributed by atoms with van der Waals surface area (Å²) in [5, 5.41) is 4.62. The fourth-order valence-corrected chi connectivity index (χ4v) is 2.89. The fraction of sp³-hybridized carbons (Fsp3) is 0.357. The molecule has 0 aliphatic heterocycles. The monoisotopic (exact) mass is 259 g/mol. The van der Waals surface area contributed by atoms with Crippen molar-refractivity contribution in [2.75, 3.05) is 11.1 Å². The average Bonchev–Trinajstić information content (AvgIpc) is 3.13. The first-order valence-corrected chi connectivity index (χ1v) is 7.06. The number of rotatable bonds is 4. The molecule has 3 nitrogen and oxygen atoms in total. The maximum absolute atomic E-state index is 5.93. The zero-order valence-corrected chi connectivity index (χ0v) is 11.3. The van der Waals surface area contributed by atoms with Crippen LogP contribution >= 0.6 is 11.5 Å². The van der Waals surface area contributed by atoms with Crippen molar-refractivity contribution in [2.45, 2.75) is 32.2 Å². The number of benzene rings is 1. The first-order chi connectivity index (χ1) is 8.74. The highest BCUT2D eigenvalue weighted by molar-refractivity contribution is 7.10. The van der Waals surface area contributed by atoms with E-state index in [1.54, 1.807) is 0 Å². The van der Waals surface area contributed by atoms with Crippen LogP contribution in [0.3, 0.4) is 0 Å². The van der Waals surface area contributed by atoms with Gasteiger partial charge in [0.1, 0.15) is 10.8 Å². The molecule has 3 rings (SSSR count). The van der Waals surface area contributed by atoms with E-state index in [-0.39, 0.29) is 0 Å². The van der Waals surface area contributed by atoms with E-state index in [1.165, 1.54) is 41.1 Å². The van der Waals surface area contributed by atoms with Crippen molar-refractivity contribution in [2.24, 2.45) is 0 Å². The second kappa shape index (κ2) is 4.61. The number of nitrogens with two attached hydrogens (primary N) is 1. The first-order valence-electron chi connectivity index (χ1n) is 6.28. The van der Waals surface area contributed by atoms with E-state index in [0.29, 0.717) is 11.7 Å². The summed E-state index contributed by atoms with van der Waals surface area (Å²) in [6.45, 7) is 2.94. The predicted octanol–water partition coefficient (Wildman–Crippen LogP) is 3.52. The zero-order chi connectivity index (χ0) is 12.5. The van der Waals surface area contributed by atoms with Gasteiger partial charge in [0.05, 0.1) is 0 Å². The van der Waals surface area contributed by atoms with Crippen molar-refractivity contribution in [1.82, 2.24) is 4.37 Å². The van der Waals surface area contributed by atoms with Crippen molar-refractivity contribution in [1.29, 1.82) is 0 Å². The molecule has 0 saturated heterocycles. The van der Waals surface area contributed by atoms with Crippen molar-refractivity contribution in [3.63, 3.8) is 0 Å². The summed E-state index contributed by atoms with van der Waals surface area (Å²) in [5.41, 5.74) is 9.75. The highest BCUT2D eigenvalue weighted by Crippen LogP contribution is 2.47. The first kappa shape index (κ1) is 11.5. The van der Waals surface area contributed by atoms with Crippen LogP contribution in [0.25, 0.3) is 0 Å². The summed E-state index contributed by atoms with van der Waals surface area (Å²) in [5.74, 6) is 1.36. The van der Waals surface area contributed by atoms with E-state index in [4.69, 9.17) is 5.73 Å². The lowest BCUT2D eigenvalue weighted by Gasteiger charge is -2.06. The topological polar surface area (TPSA) is 50.9 Å². The van der Waals surface area contributed by atoms with Gasteiger partial charge in [-0.15, -0.1) is 0 Å². The molecule has 1 saturated carbocycles. The lowest BCUT2D eigenvalue weighted by Crippen LogP contribution is -2.00. The molecule has 94 valence electrons. The van der Waals surface area contributed by atoms with Crippen molar-refractivity contribution < 1.29 is 0 Å². The quantitative estimate of drug-likeness (QED) is 0.883. The Morgan fingerprint density at radius 1 is 1.33 bits per heavy atom. The highest BCUT2D eigenvalue weighted by atomic mass is 32.1. The van der Waals surface area contributed by atoms with Gasteiger partial charge in [0.25, 0.3) is 0 Å². The Morgan fingerprint density at radius 3 is 2.72 bits per heavy atom. The maximum Gasteiger partial charge on any atom is 0.142 e. The average molecular weight is 259 g/mol. The van der Waals surface area contributed by atoms with Gasteiger partial charge in [-0.2, -0.15) is 4.37 Å². The fourth-order valence-electron chi connectivity index (χ4n) is 2.09. The van der Waals surface area contributed by atoms with Gasteiger partial charge >= 0.3 is 0 Å². The van der Waals surface area contributed by atoms with Crippen molar-refractivity contribution in [3.05, 3.63) is 41.0 Å². The summed E-state index contributed by atoms with van der Waals surface area (Å²) in [7, 11) is 0. The molecule has 0 unspecified atom stereocenters. The zero-order valence-electron chi connectivity index (χ0n) is 10.4. The van der Waals surface area contributed by atoms with Gasteiger partial charge in [-0.25, -0.2) is 0 Å². The van der Waals surface area contributed by atoms with Crippen molar-refractivity contribution >= 4 is 22.4 Å². The number of nitrogens with one attached hydrogen (secondary N) is 1. The van der Waals surface area contributed by atoms with Gasteiger partial charge in [-0.3, -0.25) is 0 Å². The number of hydrogen-bond acceptors (Lipinski definition) is 4. The van der Waals surface area contributed by atoms with Gasteiger partial charge in [-0.1, -0.05) is 29.8 Å². The van der Waals surface area contributed by atoms with E-state index in [9.17, 15) is 0 Å². The van der Waals surface area contributed by atoms with Crippen LogP contribution in [0.4, 0.5) is 10.8 Å². The summed E-state index contributed by atoms with van der Waals surface area (Å²) >= 11 is 1.48. The van der Waals surface area contributed by atoms with E-state index < -0.39 is 0 Å². The molecule has 4 heteroatoms. The number of anilines is 2. The molecule has 1 aliphatic rings. The Hall–Kier alpha value is -1.55. The number of nitrogens with zero attached hydrogens (tertiary/aromatic N) is 1. The molecule has 1 aromatic heterocycles. The van der Waals surface area contributed by atoms with Crippen LogP contribution < -0.4 is 11.1 Å². The van der Waals surface area contributed by atoms with E-state index in [1.807, 2.05) is 0 Å². The molecule has 1 heterocycles. The Labute approximate surface area is 111 Å². The van der Waals surface area contributed by atoms with Crippen LogP contribution in [-0.4, -0.2) is 4.37 Å². The number of hydrogen-bond donors (Lipinski definition) is 2. The number of aryl methyl sites for hydroxylation is 1. The minimum Gasteiger partial charge on any atom is -0.383 e. The van der Waals surface area contributed by atoms with Crippen LogP contribution in [0.15, 0.2) is 24.3 Å². The standard InChI is InChI=1S/C14H17N3S/c1-9-2-4-10(5-3-9)8-16-14-12(11-6-7-11)13(15)17-18-14/h2-5,11,16H,6-8H2,1H3,(H2,15,17). The molecule has 1 aromatic carbocycles. The van der Waals surface area contributed by atoms with Gasteiger partial charge in [0.15, 0.2) is 0 Å². The molecule has 2 aromatic rings. The van der Waals surface area contributed by atoms with Crippen LogP contribution in [0.1, 0.15) is 35.4 Å². The smallest absolute Gasteiger partial charge is 0.142 e. The van der Waals surface area contributed by atoms with E-state index >= 15 is 0 Å². The third-order valence-electron chi connectivity index (χ3n) is 3.32. The molecule has 0 amide bonds. The number of nitrogen functional groups attached to an aromatic ring is 1. The maximum atomic E-state index is 5.93. The van der Waals surface area contributed by atoms with Gasteiger partial charge in [0, 0.05) is 12.1 Å². The molecule has 0 bridgehead atoms. The normalized spacial score (nSPS) is 14.7. The highest BCUT2D eigenvalue weighted by Gasteiger charge is 2.30. The lowest BCUT2D eigenvalue weighted by molar-refractivity contribution is 1.10. The summed E-state index contributed by atoms with van der Waals surface area (Å²) in [6.07, 6.45) is 2.50. The summed E-state index contributed by atoms with van der Waals surface area (Å²) in [4.78, 5) is 0. The Balaban J connectivity index is 1.71. The van der Waals surface area contributed by atoms with Gasteiger partial charge in [0.2, 0.25) is 0 Å². The third kappa shape index (κ3) is 2.34.